The minimum atomic E-state index is -5.32. The minimum Gasteiger partial charge on any atom is -0.744 e. The largest absolute Gasteiger partial charge is 0.744 e. The molecule has 17 heteroatoms. The van der Waals surface area contributed by atoms with Crippen LogP contribution in [0.2, 0.25) is 0 Å². The van der Waals surface area contributed by atoms with Crippen molar-refractivity contribution in [1.82, 2.24) is 0 Å². The summed E-state index contributed by atoms with van der Waals surface area (Å²) in [4.78, 5) is -1.92. The number of aryl methyl sites for hydroxylation is 3. The van der Waals surface area contributed by atoms with E-state index in [0.29, 0.717) is 28.7 Å². The van der Waals surface area contributed by atoms with E-state index >= 15 is 0 Å². The highest BCUT2D eigenvalue weighted by atomic mass is 32.2. The van der Waals surface area contributed by atoms with Crippen LogP contribution < -0.4 is 4.18 Å². The summed E-state index contributed by atoms with van der Waals surface area (Å²) in [5.41, 5.74) is 5.04. The lowest BCUT2D eigenvalue weighted by atomic mass is 10.0. The molecule has 0 atom stereocenters. The third-order valence-corrected chi connectivity index (χ3v) is 11.1. The van der Waals surface area contributed by atoms with E-state index in [9.17, 15) is 39.5 Å². The van der Waals surface area contributed by atoms with Crippen LogP contribution in [0.25, 0.3) is 21.9 Å². The lowest BCUT2D eigenvalue weighted by Crippen LogP contribution is -2.09. The van der Waals surface area contributed by atoms with Crippen LogP contribution in [-0.4, -0.2) is 39.5 Å². The lowest BCUT2D eigenvalue weighted by Gasteiger charge is -2.16. The maximum Gasteiger partial charge on any atom is 0.339 e. The maximum atomic E-state index is 12.6. The van der Waals surface area contributed by atoms with Crippen LogP contribution in [0.1, 0.15) is 16.7 Å². The summed E-state index contributed by atoms with van der Waals surface area (Å²) < 4.78 is 102. The molecule has 0 aliphatic carbocycles. The summed E-state index contributed by atoms with van der Waals surface area (Å²) in [5, 5.41) is 26.8. The number of azo groups is 2. The molecule has 54 heavy (non-hydrogen) atoms. The van der Waals surface area contributed by atoms with Crippen LogP contribution in [0.5, 0.6) is 11.5 Å². The third-order valence-electron chi connectivity index (χ3n) is 8.17. The Bertz CT molecular complexity index is 2840. The molecule has 0 saturated heterocycles. The van der Waals surface area contributed by atoms with Crippen LogP contribution in [0.3, 0.4) is 0 Å². The van der Waals surface area contributed by atoms with Crippen LogP contribution >= 0.6 is 0 Å². The molecule has 0 amide bonds. The molecule has 0 bridgehead atoms. The highest BCUT2D eigenvalue weighted by molar-refractivity contribution is 7.87. The van der Waals surface area contributed by atoms with Crippen molar-refractivity contribution < 1.29 is 43.6 Å². The Morgan fingerprint density at radius 3 is 1.69 bits per heavy atom. The zero-order valence-electron chi connectivity index (χ0n) is 28.5. The van der Waals surface area contributed by atoms with Gasteiger partial charge >= 0.3 is 10.1 Å². The summed E-state index contributed by atoms with van der Waals surface area (Å²) in [5.74, 6) is -0.408. The van der Waals surface area contributed by atoms with Crippen molar-refractivity contribution in [3.63, 3.8) is 0 Å². The van der Waals surface area contributed by atoms with Gasteiger partial charge in [-0.3, -0.25) is 0 Å². The second kappa shape index (κ2) is 14.5. The van der Waals surface area contributed by atoms with Gasteiger partial charge in [-0.05, 0) is 127 Å². The number of hydrogen-bond acceptors (Lipinski definition) is 14. The van der Waals surface area contributed by atoms with E-state index in [4.69, 9.17) is 4.18 Å². The van der Waals surface area contributed by atoms with Crippen molar-refractivity contribution >= 4 is 63.9 Å². The topological polar surface area (TPSA) is 227 Å². The van der Waals surface area contributed by atoms with Crippen molar-refractivity contribution in [2.24, 2.45) is 20.5 Å². The summed E-state index contributed by atoms with van der Waals surface area (Å²) in [7, 11) is -14.4. The van der Waals surface area contributed by atoms with Crippen molar-refractivity contribution in [2.45, 2.75) is 35.5 Å². The molecule has 0 heterocycles. The molecule has 14 nitrogen and oxygen atoms in total. The summed E-state index contributed by atoms with van der Waals surface area (Å²) in [6.45, 7) is 5.47. The first kappa shape index (κ1) is 37.9. The Morgan fingerprint density at radius 2 is 1.15 bits per heavy atom. The first-order chi connectivity index (χ1) is 25.4. The van der Waals surface area contributed by atoms with Gasteiger partial charge in [0.2, 0.25) is 0 Å². The van der Waals surface area contributed by atoms with Gasteiger partial charge < -0.3 is 18.4 Å². The first-order valence-electron chi connectivity index (χ1n) is 15.8. The Kier molecular flexibility index (Phi) is 10.2. The normalized spacial score (nSPS) is 12.5. The minimum absolute atomic E-state index is 0.0454. The van der Waals surface area contributed by atoms with Crippen LogP contribution in [0.4, 0.5) is 22.7 Å². The molecule has 0 radical (unpaired) electrons. The molecule has 0 saturated carbocycles. The van der Waals surface area contributed by atoms with E-state index in [2.05, 4.69) is 20.5 Å². The first-order valence-corrected chi connectivity index (χ1v) is 20.0. The number of phenolic OH excluding ortho intramolecular Hbond substituents is 1. The number of aromatic hydroxyl groups is 1. The van der Waals surface area contributed by atoms with E-state index in [1.54, 1.807) is 49.4 Å². The fourth-order valence-electron chi connectivity index (χ4n) is 5.37. The van der Waals surface area contributed by atoms with Gasteiger partial charge in [-0.25, -0.2) is 16.8 Å². The van der Waals surface area contributed by atoms with Crippen LogP contribution in [-0.2, 0) is 30.4 Å². The number of fused-ring (bicyclic) bond motifs is 1. The fourth-order valence-corrected chi connectivity index (χ4v) is 7.65. The summed E-state index contributed by atoms with van der Waals surface area (Å²) in [6.07, 6.45) is 0. The van der Waals surface area contributed by atoms with Crippen molar-refractivity contribution in [2.75, 3.05) is 0 Å². The van der Waals surface area contributed by atoms with Crippen molar-refractivity contribution in [1.29, 1.82) is 0 Å². The smallest absolute Gasteiger partial charge is 0.339 e. The Morgan fingerprint density at radius 1 is 0.574 bits per heavy atom. The standard InChI is InChI=1S/C37H30N4O10S3/c1-22-4-13-30(14-5-22)54(49,50)51-29-11-9-28(10-12-29)38-39-32-15-6-25(18-23(32)2)26-7-16-33(24(3)19-26)40-41-37-34(42)17-8-27-20-31(52(43,44)45)21-35(36(27)37)53(46,47)48/h4-21,42H,1-3H3,(H,43,44,45)(H,46,47,48)/p-2. The summed E-state index contributed by atoms with van der Waals surface area (Å²) >= 11 is 0. The van der Waals surface area contributed by atoms with Gasteiger partial charge in [0.15, 0.2) is 0 Å². The van der Waals surface area contributed by atoms with E-state index in [-0.39, 0.29) is 16.0 Å². The molecule has 0 fully saturated rings. The Labute approximate surface area is 310 Å². The Hall–Kier alpha value is -5.85. The molecular formula is C37H28N4O10S3-2. The highest BCUT2D eigenvalue weighted by Gasteiger charge is 2.19. The number of phenols is 1. The molecule has 6 aromatic carbocycles. The van der Waals surface area contributed by atoms with Gasteiger partial charge in [0.1, 0.15) is 42.3 Å². The molecule has 0 aliphatic rings. The number of benzene rings is 6. The van der Waals surface area contributed by atoms with E-state index < -0.39 is 57.0 Å². The molecule has 0 aromatic heterocycles. The average Bonchev–Trinajstić information content (AvgIpc) is 3.10. The zero-order chi connectivity index (χ0) is 39.0. The van der Waals surface area contributed by atoms with Crippen LogP contribution in [0.15, 0.2) is 144 Å². The summed E-state index contributed by atoms with van der Waals surface area (Å²) in [6, 6.07) is 26.8. The predicted octanol–water partition coefficient (Wildman–Crippen LogP) is 8.54. The second-order valence-electron chi connectivity index (χ2n) is 12.1. The lowest BCUT2D eigenvalue weighted by molar-refractivity contribution is 0.461. The third kappa shape index (κ3) is 8.35. The van der Waals surface area contributed by atoms with E-state index in [0.717, 1.165) is 40.5 Å². The van der Waals surface area contributed by atoms with E-state index in [1.807, 2.05) is 32.0 Å². The quantitative estimate of drug-likeness (QED) is 0.0790. The second-order valence-corrected chi connectivity index (χ2v) is 16.4. The molecule has 0 unspecified atom stereocenters. The molecular weight excluding hydrogens is 757 g/mol. The SMILES string of the molecule is Cc1ccc(S(=O)(=O)Oc2ccc(N=Nc3ccc(-c4ccc(N=Nc5c(O)ccc6cc(S(=O)(=O)[O-])cc(S(=O)(=O)[O-])c56)c(C)c4)cc3C)cc2)cc1. The zero-order valence-corrected chi connectivity index (χ0v) is 31.0. The predicted molar refractivity (Wildman–Crippen MR) is 197 cm³/mol. The van der Waals surface area contributed by atoms with Gasteiger partial charge in [-0.1, -0.05) is 35.9 Å². The fraction of sp³-hybridized carbons (Fsp3) is 0.0811. The van der Waals surface area contributed by atoms with Crippen LogP contribution in [0, 0.1) is 20.8 Å². The number of rotatable bonds is 10. The number of hydrogen-bond donors (Lipinski definition) is 1. The maximum absolute atomic E-state index is 12.6. The monoisotopic (exact) mass is 784 g/mol. The van der Waals surface area contributed by atoms with Gasteiger partial charge in [-0.2, -0.15) is 23.8 Å². The average molecular weight is 785 g/mol. The molecule has 6 aromatic rings. The van der Waals surface area contributed by atoms with E-state index in [1.165, 1.54) is 24.3 Å². The number of nitrogens with zero attached hydrogens (tertiary/aromatic N) is 4. The molecule has 0 aliphatic heterocycles. The molecule has 1 N–H and O–H groups in total. The van der Waals surface area contributed by atoms with Gasteiger partial charge in [0, 0.05) is 5.39 Å². The van der Waals surface area contributed by atoms with Gasteiger partial charge in [0.05, 0.1) is 26.9 Å². The molecule has 0 spiro atoms. The highest BCUT2D eigenvalue weighted by Crippen LogP contribution is 2.41. The molecule has 276 valence electrons. The molecule has 6 rings (SSSR count). The Balaban J connectivity index is 1.20. The van der Waals surface area contributed by atoms with Gasteiger partial charge in [0.25, 0.3) is 0 Å². The van der Waals surface area contributed by atoms with Crippen molar-refractivity contribution in [3.05, 3.63) is 126 Å². The van der Waals surface area contributed by atoms with Gasteiger partial charge in [-0.15, -0.1) is 5.11 Å². The van der Waals surface area contributed by atoms with Crippen molar-refractivity contribution in [3.8, 4) is 22.6 Å².